The van der Waals surface area contributed by atoms with Gasteiger partial charge in [0.25, 0.3) is 0 Å². The second kappa shape index (κ2) is 9.03. The molecule has 8 heteroatoms. The summed E-state index contributed by atoms with van der Waals surface area (Å²) in [5, 5.41) is 0.305. The minimum absolute atomic E-state index is 0. The first kappa shape index (κ1) is 20.9. The fourth-order valence-corrected chi connectivity index (χ4v) is 3.62. The summed E-state index contributed by atoms with van der Waals surface area (Å²) in [4.78, 5) is 13.1. The van der Waals surface area contributed by atoms with Crippen molar-refractivity contribution in [1.82, 2.24) is 15.0 Å². The minimum atomic E-state index is -1.38. The first-order valence-electron chi connectivity index (χ1n) is 7.39. The summed E-state index contributed by atoms with van der Waals surface area (Å²) < 4.78 is 23.2. The van der Waals surface area contributed by atoms with Gasteiger partial charge in [0, 0.05) is 22.5 Å². The van der Waals surface area contributed by atoms with E-state index in [0.717, 1.165) is 22.6 Å². The predicted octanol–water partition coefficient (Wildman–Crippen LogP) is -0.467. The minimum Gasteiger partial charge on any atom is -0.497 e. The van der Waals surface area contributed by atoms with Gasteiger partial charge in [-0.3, -0.25) is 9.19 Å². The van der Waals surface area contributed by atoms with Crippen LogP contribution >= 0.6 is 0 Å². The molecular weight excluding hydrogens is 459 g/mol. The molecule has 0 aliphatic carbocycles. The Hall–Kier alpha value is -0.358. The molecule has 0 saturated heterocycles. The van der Waals surface area contributed by atoms with Gasteiger partial charge in [-0.2, -0.15) is 0 Å². The largest absolute Gasteiger partial charge is 1.00 e. The Morgan fingerprint density at radius 3 is 2.64 bits per heavy atom. The maximum Gasteiger partial charge on any atom is 1.00 e. The number of rotatable bonds is 5. The molecule has 0 amide bonds. The standard InChI is InChI=1S/C17H18N3O3S.Cs/c1-10-8-18-15(11(2)16(10)23-4)9-24(21)17-19-13-6-5-12(22-3)7-14(13)20-17;/h5-8H,9H2,1-4H3;/q-1;+1. The van der Waals surface area contributed by atoms with Crippen LogP contribution in [0.1, 0.15) is 16.8 Å². The van der Waals surface area contributed by atoms with Gasteiger partial charge in [-0.1, -0.05) is 6.07 Å². The molecule has 1 aromatic carbocycles. The number of hydrogen-bond acceptors (Lipinski definition) is 5. The van der Waals surface area contributed by atoms with Crippen LogP contribution in [0.15, 0.2) is 29.6 Å². The first-order valence-corrected chi connectivity index (χ1v) is 8.71. The van der Waals surface area contributed by atoms with Crippen molar-refractivity contribution in [3.05, 3.63) is 41.2 Å². The van der Waals surface area contributed by atoms with Crippen molar-refractivity contribution in [1.29, 1.82) is 0 Å². The molecule has 0 spiro atoms. The fraction of sp³-hybridized carbons (Fsp3) is 0.294. The summed E-state index contributed by atoms with van der Waals surface area (Å²) in [6, 6.07) is 5.39. The molecule has 25 heavy (non-hydrogen) atoms. The second-order valence-electron chi connectivity index (χ2n) is 5.40. The zero-order chi connectivity index (χ0) is 17.3. The molecule has 0 aliphatic rings. The van der Waals surface area contributed by atoms with Crippen LogP contribution in [0.25, 0.3) is 11.0 Å². The Bertz CT molecular complexity index is 927. The van der Waals surface area contributed by atoms with E-state index in [9.17, 15) is 4.21 Å². The van der Waals surface area contributed by atoms with Crippen LogP contribution in [-0.2, 0) is 16.6 Å². The molecule has 1 unspecified atom stereocenters. The average Bonchev–Trinajstić information content (AvgIpc) is 3.01. The van der Waals surface area contributed by atoms with Crippen LogP contribution in [-0.4, -0.2) is 28.4 Å². The maximum atomic E-state index is 12.6. The van der Waals surface area contributed by atoms with Gasteiger partial charge in [-0.25, -0.2) is 0 Å². The van der Waals surface area contributed by atoms with Gasteiger partial charge in [-0.05, 0) is 37.0 Å². The van der Waals surface area contributed by atoms with Crippen LogP contribution in [0.3, 0.4) is 0 Å². The van der Waals surface area contributed by atoms with Crippen molar-refractivity contribution in [2.75, 3.05) is 14.2 Å². The smallest absolute Gasteiger partial charge is 0.497 e. The molecule has 0 N–H and O–H groups in total. The molecule has 2 heterocycles. The van der Waals surface area contributed by atoms with Gasteiger partial charge < -0.3 is 19.4 Å². The topological polar surface area (TPSA) is 75.4 Å². The quantitative estimate of drug-likeness (QED) is 0.495. The van der Waals surface area contributed by atoms with E-state index in [1.807, 2.05) is 13.8 Å². The van der Waals surface area contributed by atoms with E-state index in [2.05, 4.69) is 15.0 Å². The van der Waals surface area contributed by atoms with Gasteiger partial charge in [0.15, 0.2) is 0 Å². The summed E-state index contributed by atoms with van der Waals surface area (Å²) in [5.41, 5.74) is 3.94. The number of aromatic nitrogens is 3. The molecule has 1 atom stereocenters. The first-order chi connectivity index (χ1) is 11.5. The summed E-state index contributed by atoms with van der Waals surface area (Å²) >= 11 is 0. The van der Waals surface area contributed by atoms with Gasteiger partial charge in [0.2, 0.25) is 0 Å². The number of imidazole rings is 1. The Morgan fingerprint density at radius 2 is 1.96 bits per heavy atom. The molecule has 3 rings (SSSR count). The average molecular weight is 477 g/mol. The number of ether oxygens (including phenoxy) is 2. The van der Waals surface area contributed by atoms with Crippen molar-refractivity contribution < 1.29 is 82.6 Å². The molecule has 0 aliphatic heterocycles. The van der Waals surface area contributed by atoms with E-state index in [1.54, 1.807) is 38.6 Å². The second-order valence-corrected chi connectivity index (χ2v) is 6.74. The molecule has 0 radical (unpaired) electrons. The normalized spacial score (nSPS) is 11.8. The van der Waals surface area contributed by atoms with E-state index >= 15 is 0 Å². The van der Waals surface area contributed by atoms with Crippen molar-refractivity contribution in [3.8, 4) is 11.5 Å². The summed E-state index contributed by atoms with van der Waals surface area (Å²) in [6.07, 6.45) is 1.73. The molecule has 0 fully saturated rings. The third kappa shape index (κ3) is 4.49. The van der Waals surface area contributed by atoms with E-state index in [-0.39, 0.29) is 74.6 Å². The zero-order valence-corrected chi connectivity index (χ0v) is 22.1. The van der Waals surface area contributed by atoms with Crippen LogP contribution in [0.2, 0.25) is 0 Å². The summed E-state index contributed by atoms with van der Waals surface area (Å²) in [6.45, 7) is 3.85. The molecule has 126 valence electrons. The molecule has 6 nitrogen and oxygen atoms in total. The van der Waals surface area contributed by atoms with E-state index in [0.29, 0.717) is 21.9 Å². The maximum absolute atomic E-state index is 12.6. The zero-order valence-electron chi connectivity index (χ0n) is 15.0. The fourth-order valence-electron chi connectivity index (χ4n) is 2.55. The Labute approximate surface area is 208 Å². The molecule has 3 aromatic rings. The third-order valence-electron chi connectivity index (χ3n) is 3.84. The van der Waals surface area contributed by atoms with Crippen LogP contribution < -0.4 is 83.4 Å². The molecule has 2 aromatic heterocycles. The summed E-state index contributed by atoms with van der Waals surface area (Å²) in [7, 11) is 1.83. The van der Waals surface area contributed by atoms with E-state index in [1.165, 1.54) is 0 Å². The van der Waals surface area contributed by atoms with Crippen LogP contribution in [0, 0.1) is 13.8 Å². The van der Waals surface area contributed by atoms with Gasteiger partial charge in [0.1, 0.15) is 11.5 Å². The van der Waals surface area contributed by atoms with Gasteiger partial charge in [0.05, 0.1) is 36.5 Å². The number of methoxy groups -OCH3 is 2. The Balaban J connectivity index is 0.00000225. The van der Waals surface area contributed by atoms with Gasteiger partial charge >= 0.3 is 68.9 Å². The Morgan fingerprint density at radius 1 is 1.20 bits per heavy atom. The van der Waals surface area contributed by atoms with Crippen LogP contribution in [0.4, 0.5) is 0 Å². The predicted molar refractivity (Wildman–Crippen MR) is 92.0 cm³/mol. The summed E-state index contributed by atoms with van der Waals surface area (Å²) in [5.74, 6) is 1.71. The number of pyridine rings is 1. The van der Waals surface area contributed by atoms with Gasteiger partial charge in [-0.15, -0.1) is 0 Å². The number of hydrogen-bond donors (Lipinski definition) is 0. The monoisotopic (exact) mass is 477 g/mol. The third-order valence-corrected chi connectivity index (χ3v) is 4.96. The number of fused-ring (bicyclic) bond motifs is 1. The number of aryl methyl sites for hydroxylation is 1. The number of benzene rings is 1. The van der Waals surface area contributed by atoms with Crippen molar-refractivity contribution in [2.24, 2.45) is 0 Å². The molecule has 0 bridgehead atoms. The van der Waals surface area contributed by atoms with Crippen molar-refractivity contribution in [2.45, 2.75) is 24.8 Å². The van der Waals surface area contributed by atoms with Crippen LogP contribution in [0.5, 0.6) is 11.5 Å². The SMILES string of the molecule is COc1ccc2[n-]c(S(=O)Cc3ncc(C)c(OC)c3C)nc2c1.[Cs+]. The number of nitrogens with zero attached hydrogens (tertiary/aromatic N) is 3. The van der Waals surface area contributed by atoms with Crippen molar-refractivity contribution >= 4 is 21.8 Å². The molecular formula is C17H18CsN3O3S. The Kier molecular flexibility index (Phi) is 7.56. The van der Waals surface area contributed by atoms with Crippen molar-refractivity contribution in [3.63, 3.8) is 0 Å². The van der Waals surface area contributed by atoms with E-state index < -0.39 is 10.8 Å². The van der Waals surface area contributed by atoms with E-state index in [4.69, 9.17) is 9.47 Å². The molecule has 0 saturated carbocycles.